The van der Waals surface area contributed by atoms with Gasteiger partial charge in [0.15, 0.2) is 0 Å². The van der Waals surface area contributed by atoms with Crippen molar-refractivity contribution >= 4 is 43.2 Å². The smallest absolute Gasteiger partial charge is 0.442 e. The lowest BCUT2D eigenvalue weighted by Gasteiger charge is -2.27. The fourth-order valence-electron chi connectivity index (χ4n) is 4.22. The highest BCUT2D eigenvalue weighted by Crippen LogP contribution is 2.36. The van der Waals surface area contributed by atoms with Gasteiger partial charge in [0.25, 0.3) is 5.91 Å². The van der Waals surface area contributed by atoms with E-state index in [1.54, 1.807) is 53.3 Å². The molecule has 1 aliphatic heterocycles. The van der Waals surface area contributed by atoms with E-state index < -0.39 is 37.1 Å². The van der Waals surface area contributed by atoms with Gasteiger partial charge in [-0.05, 0) is 96.9 Å². The number of nitrogens with zero attached hydrogens (tertiary/aromatic N) is 1. The number of rotatable bonds is 6. The van der Waals surface area contributed by atoms with Crippen molar-refractivity contribution < 1.29 is 28.7 Å². The zero-order chi connectivity index (χ0) is 28.6. The van der Waals surface area contributed by atoms with Crippen LogP contribution in [-0.2, 0) is 19.9 Å². The second-order valence-electron chi connectivity index (χ2n) is 13.0. The first-order valence-electron chi connectivity index (χ1n) is 12.7. The lowest BCUT2D eigenvalue weighted by Crippen LogP contribution is -2.44. The number of carbonyl (C=O) groups is 3. The van der Waals surface area contributed by atoms with Gasteiger partial charge in [-0.15, -0.1) is 16.8 Å². The lowest BCUT2D eigenvalue weighted by molar-refractivity contribution is -0.135. The highest BCUT2D eigenvalue weighted by molar-refractivity contribution is 7.99. The molecule has 0 bridgehead atoms. The highest BCUT2D eigenvalue weighted by Gasteiger charge is 2.40. The number of hydroxylamine groups is 2. The molecule has 0 saturated heterocycles. The minimum Gasteiger partial charge on any atom is -0.442 e. The molecule has 0 unspecified atom stereocenters. The minimum atomic E-state index is -1.83. The maximum Gasteiger partial charge on any atom is 0.534 e. The third-order valence-electron chi connectivity index (χ3n) is 5.55. The Morgan fingerprint density at radius 2 is 1.62 bits per heavy atom. The van der Waals surface area contributed by atoms with E-state index in [1.165, 1.54) is 5.19 Å². The molecule has 0 spiro atoms. The van der Waals surface area contributed by atoms with Gasteiger partial charge in [-0.3, -0.25) is 4.79 Å². The summed E-state index contributed by atoms with van der Waals surface area (Å²) in [5, 5.41) is 5.25. The van der Waals surface area contributed by atoms with Crippen LogP contribution in [0.25, 0.3) is 0 Å². The Labute approximate surface area is 227 Å². The third kappa shape index (κ3) is 8.40. The first-order chi connectivity index (χ1) is 16.6. The fraction of sp³-hybridized carbons (Fsp3) is 0.667. The SMILES string of the molecule is Cc1c(SCCCN(OC(=O)OC(C)(C)C)C(=O)OC(C)(C)C)cc2c(c1[Si](C)(C)C)C(=O)NC2(C)C. The van der Waals surface area contributed by atoms with Crippen LogP contribution in [0.2, 0.25) is 19.6 Å². The van der Waals surface area contributed by atoms with E-state index in [2.05, 4.69) is 37.9 Å². The van der Waals surface area contributed by atoms with Gasteiger partial charge in [0.1, 0.15) is 11.2 Å². The van der Waals surface area contributed by atoms with Crippen molar-refractivity contribution in [3.8, 4) is 0 Å². The lowest BCUT2D eigenvalue weighted by atomic mass is 9.93. The minimum absolute atomic E-state index is 0.00405. The largest absolute Gasteiger partial charge is 0.534 e. The second-order valence-corrected chi connectivity index (χ2v) is 19.1. The van der Waals surface area contributed by atoms with E-state index >= 15 is 0 Å². The maximum atomic E-state index is 12.9. The van der Waals surface area contributed by atoms with E-state index in [0.717, 1.165) is 26.6 Å². The number of fused-ring (bicyclic) bond motifs is 1. The molecule has 37 heavy (non-hydrogen) atoms. The number of benzene rings is 1. The average Bonchev–Trinajstić information content (AvgIpc) is 2.88. The van der Waals surface area contributed by atoms with Crippen LogP contribution >= 0.6 is 11.8 Å². The van der Waals surface area contributed by atoms with Crippen molar-refractivity contribution in [3.63, 3.8) is 0 Å². The molecular weight excluding hydrogens is 508 g/mol. The molecule has 0 saturated carbocycles. The summed E-state index contributed by atoms with van der Waals surface area (Å²) in [6, 6.07) is 2.12. The van der Waals surface area contributed by atoms with Crippen molar-refractivity contribution in [2.45, 2.75) is 110 Å². The van der Waals surface area contributed by atoms with Gasteiger partial charge in [-0.2, -0.15) is 0 Å². The molecule has 1 aromatic rings. The number of ether oxygens (including phenoxy) is 2. The monoisotopic (exact) mass is 552 g/mol. The number of thioether (sulfide) groups is 1. The Hall–Kier alpha value is -2.20. The standard InChI is InChI=1S/C27H44N2O6SSi/c1-17-19(16-18-20(21(17)37(10,11)12)22(30)28-27(18,8)9)36-15-13-14-29(23(31)33-25(2,3)4)35-24(32)34-26(5,6)7/h16H,13-15H2,1-12H3,(H,28,30). The van der Waals surface area contributed by atoms with Crippen molar-refractivity contribution in [1.29, 1.82) is 0 Å². The molecule has 0 aromatic heterocycles. The van der Waals surface area contributed by atoms with E-state index in [1.807, 2.05) is 13.8 Å². The topological polar surface area (TPSA) is 94.2 Å². The molecule has 0 radical (unpaired) electrons. The fourth-order valence-corrected chi connectivity index (χ4v) is 7.58. The summed E-state index contributed by atoms with van der Waals surface area (Å²) in [5.41, 5.74) is 1.09. The molecule has 1 aliphatic rings. The van der Waals surface area contributed by atoms with Gasteiger partial charge in [-0.25, -0.2) is 9.59 Å². The molecule has 1 aromatic carbocycles. The van der Waals surface area contributed by atoms with Crippen molar-refractivity contribution in [1.82, 2.24) is 10.4 Å². The summed E-state index contributed by atoms with van der Waals surface area (Å²) in [6.45, 7) is 23.5. The van der Waals surface area contributed by atoms with Crippen LogP contribution in [0.5, 0.6) is 0 Å². The summed E-state index contributed by atoms with van der Waals surface area (Å²) in [5.74, 6) is 0.674. The number of amides is 2. The van der Waals surface area contributed by atoms with Gasteiger partial charge in [0, 0.05) is 10.5 Å². The zero-order valence-corrected chi connectivity index (χ0v) is 26.3. The number of hydrogen-bond acceptors (Lipinski definition) is 7. The van der Waals surface area contributed by atoms with Crippen molar-refractivity contribution in [3.05, 3.63) is 22.8 Å². The number of nitrogens with one attached hydrogen (secondary N) is 1. The Morgan fingerprint density at radius 1 is 1.05 bits per heavy atom. The normalized spacial score (nSPS) is 15.1. The van der Waals surface area contributed by atoms with Crippen molar-refractivity contribution in [2.75, 3.05) is 12.3 Å². The Bertz CT molecular complexity index is 1050. The van der Waals surface area contributed by atoms with Crippen molar-refractivity contribution in [2.24, 2.45) is 0 Å². The molecule has 1 N–H and O–H groups in total. The van der Waals surface area contributed by atoms with Crippen LogP contribution in [0, 0.1) is 6.92 Å². The molecule has 208 valence electrons. The summed E-state index contributed by atoms with van der Waals surface area (Å²) in [7, 11) is -1.83. The molecule has 2 amide bonds. The van der Waals surface area contributed by atoms with Crippen LogP contribution < -0.4 is 10.5 Å². The van der Waals surface area contributed by atoms with E-state index in [9.17, 15) is 14.4 Å². The summed E-state index contributed by atoms with van der Waals surface area (Å²) in [4.78, 5) is 44.2. The molecule has 2 rings (SSSR count). The molecule has 8 nitrogen and oxygen atoms in total. The van der Waals surface area contributed by atoms with Crippen LogP contribution in [0.1, 0.15) is 83.3 Å². The van der Waals surface area contributed by atoms with E-state index in [0.29, 0.717) is 12.2 Å². The summed E-state index contributed by atoms with van der Waals surface area (Å²) < 4.78 is 10.6. The Kier molecular flexibility index (Phi) is 9.12. The van der Waals surface area contributed by atoms with E-state index in [-0.39, 0.29) is 12.5 Å². The van der Waals surface area contributed by atoms with Gasteiger partial charge in [-0.1, -0.05) is 19.6 Å². The summed E-state index contributed by atoms with van der Waals surface area (Å²) in [6.07, 6.45) is -1.16. The third-order valence-corrected chi connectivity index (χ3v) is 8.90. The van der Waals surface area contributed by atoms with Crippen LogP contribution in [0.15, 0.2) is 11.0 Å². The number of hydrogen-bond donors (Lipinski definition) is 1. The van der Waals surface area contributed by atoms with Crippen LogP contribution in [-0.4, -0.2) is 54.8 Å². The number of carbonyl (C=O) groups excluding carboxylic acids is 3. The Morgan fingerprint density at radius 3 is 2.14 bits per heavy atom. The van der Waals surface area contributed by atoms with Gasteiger partial charge in [0.05, 0.1) is 20.2 Å². The van der Waals surface area contributed by atoms with Crippen LogP contribution in [0.3, 0.4) is 0 Å². The highest BCUT2D eigenvalue weighted by atomic mass is 32.2. The van der Waals surface area contributed by atoms with E-state index in [4.69, 9.17) is 14.3 Å². The molecular formula is C27H44N2O6SSi. The van der Waals surface area contributed by atoms with Crippen LogP contribution in [0.4, 0.5) is 9.59 Å². The predicted octanol–water partition coefficient (Wildman–Crippen LogP) is 6.10. The molecule has 0 atom stereocenters. The zero-order valence-electron chi connectivity index (χ0n) is 24.5. The quantitative estimate of drug-likeness (QED) is 0.150. The first kappa shape index (κ1) is 31.0. The van der Waals surface area contributed by atoms with Gasteiger partial charge >= 0.3 is 12.2 Å². The molecule has 1 heterocycles. The van der Waals surface area contributed by atoms with Gasteiger partial charge in [0.2, 0.25) is 0 Å². The molecule has 10 heteroatoms. The average molecular weight is 553 g/mol. The molecule has 0 fully saturated rings. The van der Waals surface area contributed by atoms with Gasteiger partial charge < -0.3 is 19.6 Å². The molecule has 0 aliphatic carbocycles. The maximum absolute atomic E-state index is 12.9. The second kappa shape index (κ2) is 10.9. The first-order valence-corrected chi connectivity index (χ1v) is 17.2. The summed E-state index contributed by atoms with van der Waals surface area (Å²) >= 11 is 1.67. The predicted molar refractivity (Wildman–Crippen MR) is 150 cm³/mol. The Balaban J connectivity index is 2.21.